The summed E-state index contributed by atoms with van der Waals surface area (Å²) in [5.41, 5.74) is 8.97. The van der Waals surface area contributed by atoms with Crippen LogP contribution in [0.3, 0.4) is 0 Å². The molecule has 0 atom stereocenters. The van der Waals surface area contributed by atoms with Crippen LogP contribution in [-0.4, -0.2) is 44.6 Å². The molecule has 0 radical (unpaired) electrons. The van der Waals surface area contributed by atoms with Gasteiger partial charge in [-0.25, -0.2) is 19.3 Å². The third-order valence-electron chi connectivity index (χ3n) is 4.27. The largest absolute Gasteiger partial charge is 0.368 e. The van der Waals surface area contributed by atoms with Gasteiger partial charge in [0.2, 0.25) is 5.95 Å². The van der Waals surface area contributed by atoms with Crippen molar-refractivity contribution in [3.8, 4) is 22.6 Å². The van der Waals surface area contributed by atoms with Gasteiger partial charge >= 0.3 is 0 Å². The zero-order valence-corrected chi connectivity index (χ0v) is 17.2. The standard InChI is InChI=1S/C17H17FN6.2C2H6/c1-23-8-13(9-23)24-10-21-15(11-2-4-12(18)5-3-11)16(24)14-6-7-20-17(19)22-14;2*1-2/h2-7,10,13H,8-9H2,1H3,(H2,19,20,22);2*1-2H3. The Kier molecular flexibility index (Phi) is 7.63. The molecule has 1 aliphatic heterocycles. The summed E-state index contributed by atoms with van der Waals surface area (Å²) in [4.78, 5) is 15.1. The fourth-order valence-electron chi connectivity index (χ4n) is 3.06. The van der Waals surface area contributed by atoms with Crippen molar-refractivity contribution in [2.45, 2.75) is 33.7 Å². The van der Waals surface area contributed by atoms with Crippen LogP contribution >= 0.6 is 0 Å². The van der Waals surface area contributed by atoms with Crippen LogP contribution in [0.5, 0.6) is 0 Å². The van der Waals surface area contributed by atoms with Crippen LogP contribution in [0.1, 0.15) is 33.7 Å². The average molecular weight is 385 g/mol. The van der Waals surface area contributed by atoms with Gasteiger partial charge in [0.15, 0.2) is 0 Å². The van der Waals surface area contributed by atoms with Gasteiger partial charge < -0.3 is 15.2 Å². The first-order valence-corrected chi connectivity index (χ1v) is 9.72. The van der Waals surface area contributed by atoms with Gasteiger partial charge in [0.1, 0.15) is 5.82 Å². The van der Waals surface area contributed by atoms with Crippen molar-refractivity contribution < 1.29 is 4.39 Å². The lowest BCUT2D eigenvalue weighted by Gasteiger charge is -2.37. The van der Waals surface area contributed by atoms with Crippen molar-refractivity contribution in [3.63, 3.8) is 0 Å². The van der Waals surface area contributed by atoms with Gasteiger partial charge in [-0.3, -0.25) is 0 Å². The lowest BCUT2D eigenvalue weighted by atomic mass is 10.1. The molecule has 1 fully saturated rings. The molecule has 7 heteroatoms. The zero-order chi connectivity index (χ0) is 20.7. The number of anilines is 1. The molecule has 1 saturated heterocycles. The van der Waals surface area contributed by atoms with E-state index in [1.807, 2.05) is 40.1 Å². The smallest absolute Gasteiger partial charge is 0.220 e. The first-order chi connectivity index (χ1) is 13.6. The number of imidazole rings is 1. The predicted octanol–water partition coefficient (Wildman–Crippen LogP) is 4.27. The van der Waals surface area contributed by atoms with E-state index in [9.17, 15) is 4.39 Å². The second-order valence-electron chi connectivity index (χ2n) is 6.03. The van der Waals surface area contributed by atoms with Crippen LogP contribution in [0.15, 0.2) is 42.9 Å². The van der Waals surface area contributed by atoms with E-state index in [0.717, 1.165) is 30.0 Å². The minimum atomic E-state index is -0.272. The summed E-state index contributed by atoms with van der Waals surface area (Å²) in [6.07, 6.45) is 3.46. The molecule has 150 valence electrons. The summed E-state index contributed by atoms with van der Waals surface area (Å²) in [5.74, 6) is -0.0531. The Balaban J connectivity index is 0.000000660. The number of benzene rings is 1. The maximum atomic E-state index is 13.3. The highest BCUT2D eigenvalue weighted by atomic mass is 19.1. The Labute approximate surface area is 166 Å². The second-order valence-corrected chi connectivity index (χ2v) is 6.03. The van der Waals surface area contributed by atoms with Crippen LogP contribution in [0, 0.1) is 5.82 Å². The van der Waals surface area contributed by atoms with Crippen LogP contribution in [0.25, 0.3) is 22.6 Å². The Morgan fingerprint density at radius 1 is 1.00 bits per heavy atom. The topological polar surface area (TPSA) is 72.9 Å². The summed E-state index contributed by atoms with van der Waals surface area (Å²) in [5, 5.41) is 0. The minimum absolute atomic E-state index is 0.219. The number of likely N-dealkylation sites (tertiary alicyclic amines) is 1. The van der Waals surface area contributed by atoms with E-state index in [1.165, 1.54) is 12.1 Å². The van der Waals surface area contributed by atoms with Crippen molar-refractivity contribution in [1.29, 1.82) is 0 Å². The van der Waals surface area contributed by atoms with E-state index in [2.05, 4.69) is 31.5 Å². The molecule has 6 nitrogen and oxygen atoms in total. The number of hydrogen-bond donors (Lipinski definition) is 1. The van der Waals surface area contributed by atoms with Crippen LogP contribution in [0.4, 0.5) is 10.3 Å². The molecule has 2 N–H and O–H groups in total. The summed E-state index contributed by atoms with van der Waals surface area (Å²) >= 11 is 0. The van der Waals surface area contributed by atoms with Gasteiger partial charge in [0.05, 0.1) is 29.5 Å². The number of halogens is 1. The van der Waals surface area contributed by atoms with Gasteiger partial charge in [-0.15, -0.1) is 0 Å². The van der Waals surface area contributed by atoms with Gasteiger partial charge in [-0.1, -0.05) is 27.7 Å². The van der Waals surface area contributed by atoms with Crippen molar-refractivity contribution in [3.05, 3.63) is 48.7 Å². The number of nitrogens with two attached hydrogens (primary N) is 1. The number of hydrogen-bond acceptors (Lipinski definition) is 5. The summed E-state index contributed by atoms with van der Waals surface area (Å²) in [6, 6.07) is 8.47. The van der Waals surface area contributed by atoms with E-state index in [1.54, 1.807) is 18.3 Å². The van der Waals surface area contributed by atoms with Gasteiger partial charge in [-0.05, 0) is 37.4 Å². The SMILES string of the molecule is CC.CC.CN1CC(n2cnc(-c3ccc(F)cc3)c2-c2ccnc(N)n2)C1. The number of nitrogen functional groups attached to an aromatic ring is 1. The molecule has 1 aromatic carbocycles. The summed E-state index contributed by atoms with van der Waals surface area (Å²) < 4.78 is 15.4. The van der Waals surface area contributed by atoms with Crippen molar-refractivity contribution >= 4 is 5.95 Å². The first-order valence-electron chi connectivity index (χ1n) is 9.72. The summed E-state index contributed by atoms with van der Waals surface area (Å²) in [7, 11) is 2.08. The highest BCUT2D eigenvalue weighted by Crippen LogP contribution is 2.34. The molecule has 0 aliphatic carbocycles. The maximum Gasteiger partial charge on any atom is 0.220 e. The van der Waals surface area contributed by atoms with Gasteiger partial charge in [0, 0.05) is 24.8 Å². The number of nitrogens with zero attached hydrogens (tertiary/aromatic N) is 5. The molecular formula is C21H29FN6. The maximum absolute atomic E-state index is 13.3. The fourth-order valence-corrected chi connectivity index (χ4v) is 3.06. The Bertz CT molecular complexity index is 869. The highest BCUT2D eigenvalue weighted by molar-refractivity contribution is 5.77. The normalized spacial score (nSPS) is 13.6. The number of aromatic nitrogens is 4. The van der Waals surface area contributed by atoms with E-state index < -0.39 is 0 Å². The molecule has 0 spiro atoms. The first kappa shape index (κ1) is 21.5. The molecule has 1 aliphatic rings. The highest BCUT2D eigenvalue weighted by Gasteiger charge is 2.29. The Hall–Kier alpha value is -2.80. The quantitative estimate of drug-likeness (QED) is 0.730. The number of likely N-dealkylation sites (N-methyl/N-ethyl adjacent to an activating group) is 1. The van der Waals surface area contributed by atoms with E-state index >= 15 is 0 Å². The Morgan fingerprint density at radius 2 is 1.64 bits per heavy atom. The molecule has 3 aromatic rings. The third-order valence-corrected chi connectivity index (χ3v) is 4.27. The van der Waals surface area contributed by atoms with Crippen molar-refractivity contribution in [1.82, 2.24) is 24.4 Å². The van der Waals surface area contributed by atoms with Gasteiger partial charge in [0.25, 0.3) is 0 Å². The van der Waals surface area contributed by atoms with E-state index in [4.69, 9.17) is 5.73 Å². The molecule has 0 saturated carbocycles. The lowest BCUT2D eigenvalue weighted by Crippen LogP contribution is -2.44. The van der Waals surface area contributed by atoms with Crippen LogP contribution in [-0.2, 0) is 0 Å². The molecule has 3 heterocycles. The lowest BCUT2D eigenvalue weighted by molar-refractivity contribution is 0.141. The monoisotopic (exact) mass is 384 g/mol. The molecular weight excluding hydrogens is 355 g/mol. The van der Waals surface area contributed by atoms with E-state index in [0.29, 0.717) is 11.7 Å². The zero-order valence-electron chi connectivity index (χ0n) is 17.2. The van der Waals surface area contributed by atoms with Crippen LogP contribution in [0.2, 0.25) is 0 Å². The fraction of sp³-hybridized carbons (Fsp3) is 0.381. The summed E-state index contributed by atoms with van der Waals surface area (Å²) in [6.45, 7) is 9.90. The van der Waals surface area contributed by atoms with Crippen LogP contribution < -0.4 is 5.73 Å². The molecule has 2 aromatic heterocycles. The Morgan fingerprint density at radius 3 is 2.21 bits per heavy atom. The van der Waals surface area contributed by atoms with Crippen molar-refractivity contribution in [2.75, 3.05) is 25.9 Å². The van der Waals surface area contributed by atoms with Gasteiger partial charge in [-0.2, -0.15) is 0 Å². The molecule has 0 bridgehead atoms. The molecule has 28 heavy (non-hydrogen) atoms. The third kappa shape index (κ3) is 4.54. The average Bonchev–Trinajstić information content (AvgIpc) is 3.14. The van der Waals surface area contributed by atoms with Crippen molar-refractivity contribution in [2.24, 2.45) is 0 Å². The number of rotatable bonds is 3. The second kappa shape index (κ2) is 9.94. The van der Waals surface area contributed by atoms with E-state index in [-0.39, 0.29) is 11.8 Å². The molecule has 4 rings (SSSR count). The molecule has 0 unspecified atom stereocenters. The minimum Gasteiger partial charge on any atom is -0.368 e. The predicted molar refractivity (Wildman–Crippen MR) is 112 cm³/mol. The molecule has 0 amide bonds.